The lowest BCUT2D eigenvalue weighted by molar-refractivity contribution is 0.119. The van der Waals surface area contributed by atoms with E-state index >= 15 is 0 Å². The van der Waals surface area contributed by atoms with Crippen LogP contribution in [0.25, 0.3) is 0 Å². The maximum absolute atomic E-state index is 5.92. The van der Waals surface area contributed by atoms with Crippen molar-refractivity contribution in [3.05, 3.63) is 58.9 Å². The number of nitrogens with zero attached hydrogens (tertiary/aromatic N) is 1. The fourth-order valence-corrected chi connectivity index (χ4v) is 2.00. The van der Waals surface area contributed by atoms with Crippen LogP contribution in [0.15, 0.2) is 42.7 Å². The minimum absolute atomic E-state index is 0.503. The number of rotatable bonds is 6. The highest BCUT2D eigenvalue weighted by Crippen LogP contribution is 2.18. The van der Waals surface area contributed by atoms with Crippen LogP contribution in [0.3, 0.4) is 0 Å². The van der Waals surface area contributed by atoms with Gasteiger partial charge in [0.2, 0.25) is 0 Å². The van der Waals surface area contributed by atoms with Crippen molar-refractivity contribution >= 4 is 17.3 Å². The summed E-state index contributed by atoms with van der Waals surface area (Å²) in [7, 11) is 0. The van der Waals surface area contributed by atoms with Crippen LogP contribution in [0.5, 0.6) is 0 Å². The van der Waals surface area contributed by atoms with Gasteiger partial charge in [0.15, 0.2) is 0 Å². The molecule has 0 aliphatic heterocycles. The largest absolute Gasteiger partial charge is 0.398 e. The van der Waals surface area contributed by atoms with E-state index < -0.39 is 0 Å². The third kappa shape index (κ3) is 4.54. The van der Waals surface area contributed by atoms with Crippen LogP contribution in [-0.4, -0.2) is 11.6 Å². The van der Waals surface area contributed by atoms with Crippen LogP contribution in [-0.2, 0) is 17.8 Å². The minimum atomic E-state index is 0.503. The molecule has 1 aromatic heterocycles. The van der Waals surface area contributed by atoms with E-state index in [9.17, 15) is 0 Å². The maximum Gasteiger partial charge on any atom is 0.0737 e. The van der Waals surface area contributed by atoms with Gasteiger partial charge in [-0.2, -0.15) is 0 Å². The number of nitrogens with two attached hydrogens (primary N) is 1. The fourth-order valence-electron chi connectivity index (χ4n) is 1.81. The number of anilines is 1. The lowest BCUT2D eigenvalue weighted by Crippen LogP contribution is -2.00. The molecule has 0 radical (unpaired) electrons. The van der Waals surface area contributed by atoms with Crippen LogP contribution in [0.2, 0.25) is 5.02 Å². The highest BCUT2D eigenvalue weighted by atomic mass is 35.5. The number of benzene rings is 1. The molecule has 19 heavy (non-hydrogen) atoms. The molecule has 1 aromatic carbocycles. The lowest BCUT2D eigenvalue weighted by Gasteiger charge is -2.07. The molecule has 0 fully saturated rings. The Morgan fingerprint density at radius 2 is 1.95 bits per heavy atom. The molecule has 1 heterocycles. The molecule has 0 saturated carbocycles. The average Bonchev–Trinajstić information content (AvgIpc) is 2.43. The molecular formula is C15H17ClN2O. The summed E-state index contributed by atoms with van der Waals surface area (Å²) in [4.78, 5) is 3.99. The van der Waals surface area contributed by atoms with Crippen LogP contribution in [0, 0.1) is 0 Å². The summed E-state index contributed by atoms with van der Waals surface area (Å²) in [6, 6.07) is 9.48. The van der Waals surface area contributed by atoms with Crippen molar-refractivity contribution in [2.45, 2.75) is 19.4 Å². The zero-order chi connectivity index (χ0) is 13.5. The average molecular weight is 277 g/mol. The van der Waals surface area contributed by atoms with Gasteiger partial charge in [-0.3, -0.25) is 4.98 Å². The Hall–Kier alpha value is -1.58. The smallest absolute Gasteiger partial charge is 0.0737 e. The van der Waals surface area contributed by atoms with Crippen molar-refractivity contribution in [2.24, 2.45) is 0 Å². The molecule has 0 amide bonds. The number of nitrogen functional groups attached to an aromatic ring is 1. The summed E-state index contributed by atoms with van der Waals surface area (Å²) >= 11 is 5.92. The van der Waals surface area contributed by atoms with Crippen LogP contribution in [0.1, 0.15) is 17.5 Å². The van der Waals surface area contributed by atoms with Crippen molar-refractivity contribution in [3.63, 3.8) is 0 Å². The zero-order valence-electron chi connectivity index (χ0n) is 10.7. The molecule has 2 N–H and O–H groups in total. The summed E-state index contributed by atoms with van der Waals surface area (Å²) < 4.78 is 5.62. The molecule has 2 aromatic rings. The highest BCUT2D eigenvalue weighted by molar-refractivity contribution is 6.30. The Balaban J connectivity index is 1.71. The summed E-state index contributed by atoms with van der Waals surface area (Å²) in [6.07, 6.45) is 5.59. The van der Waals surface area contributed by atoms with E-state index in [0.717, 1.165) is 24.1 Å². The van der Waals surface area contributed by atoms with E-state index in [1.54, 1.807) is 12.1 Å². The second-order valence-corrected chi connectivity index (χ2v) is 4.79. The molecule has 100 valence electrons. The third-order valence-corrected chi connectivity index (χ3v) is 3.10. The predicted molar refractivity (Wildman–Crippen MR) is 78.1 cm³/mol. The Labute approximate surface area is 118 Å². The summed E-state index contributed by atoms with van der Waals surface area (Å²) in [6.45, 7) is 1.21. The van der Waals surface area contributed by atoms with Gasteiger partial charge in [0, 0.05) is 35.3 Å². The molecule has 4 heteroatoms. The quantitative estimate of drug-likeness (QED) is 0.649. The maximum atomic E-state index is 5.92. The number of halogens is 1. The fraction of sp³-hybridized carbons (Fsp3) is 0.267. The number of hydrogen-bond donors (Lipinski definition) is 1. The van der Waals surface area contributed by atoms with Gasteiger partial charge in [-0.25, -0.2) is 0 Å². The SMILES string of the molecule is Nc1ccc(Cl)cc1COCCCc1ccncc1. The summed E-state index contributed by atoms with van der Waals surface area (Å²) in [5.74, 6) is 0. The molecule has 0 bridgehead atoms. The normalized spacial score (nSPS) is 10.6. The highest BCUT2D eigenvalue weighted by Gasteiger charge is 2.00. The molecule has 3 nitrogen and oxygen atoms in total. The van der Waals surface area contributed by atoms with E-state index in [2.05, 4.69) is 4.98 Å². The van der Waals surface area contributed by atoms with Crippen molar-refractivity contribution in [3.8, 4) is 0 Å². The minimum Gasteiger partial charge on any atom is -0.398 e. The molecule has 2 rings (SSSR count). The number of pyridine rings is 1. The Morgan fingerprint density at radius 1 is 1.16 bits per heavy atom. The van der Waals surface area contributed by atoms with Crippen LogP contribution in [0.4, 0.5) is 5.69 Å². The number of hydrogen-bond acceptors (Lipinski definition) is 3. The summed E-state index contributed by atoms with van der Waals surface area (Å²) in [5.41, 5.74) is 8.79. The van der Waals surface area contributed by atoms with Gasteiger partial charge in [-0.05, 0) is 48.7 Å². The van der Waals surface area contributed by atoms with Gasteiger partial charge >= 0.3 is 0 Å². The zero-order valence-corrected chi connectivity index (χ0v) is 11.4. The van der Waals surface area contributed by atoms with Gasteiger partial charge in [-0.15, -0.1) is 0 Å². The molecular weight excluding hydrogens is 260 g/mol. The summed E-state index contributed by atoms with van der Waals surface area (Å²) in [5, 5.41) is 0.685. The van der Waals surface area contributed by atoms with Crippen molar-refractivity contribution in [1.82, 2.24) is 4.98 Å². The van der Waals surface area contributed by atoms with E-state index in [-0.39, 0.29) is 0 Å². The number of ether oxygens (including phenoxy) is 1. The molecule has 0 aliphatic carbocycles. The van der Waals surface area contributed by atoms with Gasteiger partial charge in [0.25, 0.3) is 0 Å². The van der Waals surface area contributed by atoms with Gasteiger partial charge < -0.3 is 10.5 Å². The Kier molecular flexibility index (Phi) is 5.19. The molecule has 0 unspecified atom stereocenters. The van der Waals surface area contributed by atoms with E-state index in [1.165, 1.54) is 5.56 Å². The first-order chi connectivity index (χ1) is 9.25. The van der Waals surface area contributed by atoms with Crippen molar-refractivity contribution in [2.75, 3.05) is 12.3 Å². The Morgan fingerprint density at radius 3 is 2.74 bits per heavy atom. The molecule has 0 aliphatic rings. The number of aromatic nitrogens is 1. The molecule has 0 atom stereocenters. The van der Waals surface area contributed by atoms with Crippen LogP contribution >= 0.6 is 11.6 Å². The predicted octanol–water partition coefficient (Wildman–Crippen LogP) is 3.47. The third-order valence-electron chi connectivity index (χ3n) is 2.87. The molecule has 0 saturated heterocycles. The van der Waals surface area contributed by atoms with E-state index in [4.69, 9.17) is 22.1 Å². The first kappa shape index (κ1) is 13.8. The van der Waals surface area contributed by atoms with Gasteiger partial charge in [0.1, 0.15) is 0 Å². The van der Waals surface area contributed by atoms with Crippen LogP contribution < -0.4 is 5.73 Å². The molecule has 0 spiro atoms. The van der Waals surface area contributed by atoms with E-state index in [0.29, 0.717) is 18.2 Å². The topological polar surface area (TPSA) is 48.1 Å². The lowest BCUT2D eigenvalue weighted by atomic mass is 10.1. The first-order valence-corrected chi connectivity index (χ1v) is 6.64. The second kappa shape index (κ2) is 7.12. The second-order valence-electron chi connectivity index (χ2n) is 4.35. The van der Waals surface area contributed by atoms with Crippen molar-refractivity contribution in [1.29, 1.82) is 0 Å². The van der Waals surface area contributed by atoms with Gasteiger partial charge in [-0.1, -0.05) is 11.6 Å². The standard InChI is InChI=1S/C15H17ClN2O/c16-14-3-4-15(17)13(10-14)11-19-9-1-2-12-5-7-18-8-6-12/h3-8,10H,1-2,9,11,17H2. The van der Waals surface area contributed by atoms with E-state index in [1.807, 2.05) is 30.6 Å². The van der Waals surface area contributed by atoms with Gasteiger partial charge in [0.05, 0.1) is 6.61 Å². The number of aryl methyl sites for hydroxylation is 1. The Bertz CT molecular complexity index is 517. The van der Waals surface area contributed by atoms with Crippen molar-refractivity contribution < 1.29 is 4.74 Å². The monoisotopic (exact) mass is 276 g/mol. The first-order valence-electron chi connectivity index (χ1n) is 6.26.